The van der Waals surface area contributed by atoms with E-state index in [1.807, 2.05) is 22.9 Å². The number of aryl methyl sites for hydroxylation is 1. The zero-order valence-electron chi connectivity index (χ0n) is 9.92. The molecule has 4 nitrogen and oxygen atoms in total. The monoisotopic (exact) mass is 262 g/mol. The highest BCUT2D eigenvalue weighted by Crippen LogP contribution is 2.16. The first-order chi connectivity index (χ1) is 8.56. The predicted octanol–water partition coefficient (Wildman–Crippen LogP) is 2.24. The highest BCUT2D eigenvalue weighted by atomic mass is 32.1. The molecule has 1 aromatic carbocycles. The van der Waals surface area contributed by atoms with E-state index in [0.29, 0.717) is 12.0 Å². The average molecular weight is 262 g/mol. The lowest BCUT2D eigenvalue weighted by Gasteiger charge is -2.04. The van der Waals surface area contributed by atoms with Crippen molar-refractivity contribution in [2.75, 3.05) is 5.73 Å². The van der Waals surface area contributed by atoms with Gasteiger partial charge >= 0.3 is 0 Å². The van der Waals surface area contributed by atoms with Crippen molar-refractivity contribution in [1.82, 2.24) is 0 Å². The first-order valence-corrected chi connectivity index (χ1v) is 6.12. The first kappa shape index (κ1) is 13.9. The molecule has 0 saturated carbocycles. The number of carbonyl (C=O) groups is 2. The fourth-order valence-electron chi connectivity index (χ4n) is 1.28. The molecule has 0 spiro atoms. The van der Waals surface area contributed by atoms with Crippen LogP contribution in [-0.2, 0) is 0 Å². The van der Waals surface area contributed by atoms with Gasteiger partial charge in [0.15, 0.2) is 6.29 Å². The zero-order chi connectivity index (χ0) is 13.5. The van der Waals surface area contributed by atoms with Gasteiger partial charge in [-0.15, -0.1) is 0 Å². The summed E-state index contributed by atoms with van der Waals surface area (Å²) >= 11 is 1.71. The van der Waals surface area contributed by atoms with E-state index in [1.54, 1.807) is 18.3 Å². The normalized spacial score (nSPS) is 9.17. The molecule has 0 radical (unpaired) electrons. The number of benzene rings is 1. The topological polar surface area (TPSA) is 86.2 Å². The minimum Gasteiger partial charge on any atom is -0.398 e. The smallest absolute Gasteiger partial charge is 0.249 e. The van der Waals surface area contributed by atoms with E-state index in [1.165, 1.54) is 12.1 Å². The van der Waals surface area contributed by atoms with Gasteiger partial charge in [-0.25, -0.2) is 0 Å². The molecule has 2 aromatic rings. The van der Waals surface area contributed by atoms with Crippen molar-refractivity contribution in [1.29, 1.82) is 0 Å². The summed E-state index contributed by atoms with van der Waals surface area (Å²) in [7, 11) is 0. The standard InChI is InChI=1S/C9H10N2O2.C4H4S/c1-5-2-7(9(11)13)6(4-12)3-8(5)10;1-2-4-5-3-1/h2-4H,10H2,1H3,(H2,11,13);1-4H. The van der Waals surface area contributed by atoms with E-state index in [4.69, 9.17) is 11.5 Å². The van der Waals surface area contributed by atoms with Crippen LogP contribution in [0.4, 0.5) is 5.69 Å². The van der Waals surface area contributed by atoms with Crippen LogP contribution in [0.2, 0.25) is 0 Å². The number of nitrogens with two attached hydrogens (primary N) is 2. The van der Waals surface area contributed by atoms with Crippen molar-refractivity contribution in [2.24, 2.45) is 5.73 Å². The number of amides is 1. The number of primary amides is 1. The molecule has 1 amide bonds. The zero-order valence-corrected chi connectivity index (χ0v) is 10.7. The Kier molecular flexibility index (Phi) is 5.07. The summed E-state index contributed by atoms with van der Waals surface area (Å²) in [5.74, 6) is -0.620. The summed E-state index contributed by atoms with van der Waals surface area (Å²) in [6.07, 6.45) is 0.565. The van der Waals surface area contributed by atoms with Crippen molar-refractivity contribution < 1.29 is 9.59 Å². The van der Waals surface area contributed by atoms with E-state index >= 15 is 0 Å². The Balaban J connectivity index is 0.000000269. The van der Waals surface area contributed by atoms with Crippen LogP contribution in [-0.4, -0.2) is 12.2 Å². The molecular formula is C13H14N2O2S. The number of thiophene rings is 1. The maximum absolute atomic E-state index is 10.9. The van der Waals surface area contributed by atoms with Crippen LogP contribution in [0.3, 0.4) is 0 Å². The Morgan fingerprint density at radius 2 is 1.89 bits per heavy atom. The number of anilines is 1. The molecule has 94 valence electrons. The third kappa shape index (κ3) is 3.71. The SMILES string of the molecule is Cc1cc(C(N)=O)c(C=O)cc1N.c1ccsc1. The number of hydrogen-bond donors (Lipinski definition) is 2. The molecular weight excluding hydrogens is 248 g/mol. The van der Waals surface area contributed by atoms with Gasteiger partial charge in [-0.3, -0.25) is 9.59 Å². The minimum atomic E-state index is -0.620. The van der Waals surface area contributed by atoms with Crippen LogP contribution in [0.15, 0.2) is 35.0 Å². The lowest BCUT2D eigenvalue weighted by molar-refractivity contribution is 0.0993. The van der Waals surface area contributed by atoms with E-state index in [2.05, 4.69) is 0 Å². The summed E-state index contributed by atoms with van der Waals surface area (Å²) in [5.41, 5.74) is 12.3. The Morgan fingerprint density at radius 3 is 2.28 bits per heavy atom. The minimum absolute atomic E-state index is 0.210. The van der Waals surface area contributed by atoms with Crippen LogP contribution in [0.1, 0.15) is 26.3 Å². The summed E-state index contributed by atoms with van der Waals surface area (Å²) in [5, 5.41) is 4.08. The van der Waals surface area contributed by atoms with E-state index in [9.17, 15) is 9.59 Å². The van der Waals surface area contributed by atoms with Crippen LogP contribution < -0.4 is 11.5 Å². The van der Waals surface area contributed by atoms with Gasteiger partial charge in [0, 0.05) is 11.3 Å². The molecule has 18 heavy (non-hydrogen) atoms. The fourth-order valence-corrected chi connectivity index (χ4v) is 1.73. The first-order valence-electron chi connectivity index (χ1n) is 5.18. The molecule has 0 aliphatic heterocycles. The van der Waals surface area contributed by atoms with Crippen LogP contribution in [0, 0.1) is 6.92 Å². The molecule has 1 aromatic heterocycles. The van der Waals surface area contributed by atoms with Crippen molar-refractivity contribution in [3.8, 4) is 0 Å². The van der Waals surface area contributed by atoms with Crippen LogP contribution in [0.25, 0.3) is 0 Å². The van der Waals surface area contributed by atoms with Crippen LogP contribution >= 0.6 is 11.3 Å². The summed E-state index contributed by atoms with van der Waals surface area (Å²) in [6, 6.07) is 7.00. The van der Waals surface area contributed by atoms with Crippen molar-refractivity contribution >= 4 is 29.2 Å². The molecule has 5 heteroatoms. The third-order valence-electron chi connectivity index (χ3n) is 2.26. The van der Waals surface area contributed by atoms with Crippen LogP contribution in [0.5, 0.6) is 0 Å². The summed E-state index contributed by atoms with van der Waals surface area (Å²) < 4.78 is 0. The molecule has 0 fully saturated rings. The van der Waals surface area contributed by atoms with Gasteiger partial charge in [0.25, 0.3) is 0 Å². The Labute approximate surface area is 109 Å². The molecule has 0 aliphatic rings. The highest BCUT2D eigenvalue weighted by molar-refractivity contribution is 7.07. The van der Waals surface area contributed by atoms with Crippen molar-refractivity contribution in [2.45, 2.75) is 6.92 Å². The lowest BCUT2D eigenvalue weighted by Crippen LogP contribution is -2.14. The maximum atomic E-state index is 10.9. The van der Waals surface area contributed by atoms with Gasteiger partial charge in [-0.2, -0.15) is 11.3 Å². The molecule has 0 saturated heterocycles. The van der Waals surface area contributed by atoms with Crippen molar-refractivity contribution in [3.63, 3.8) is 0 Å². The molecule has 2 rings (SSSR count). The maximum Gasteiger partial charge on any atom is 0.249 e. The number of carbonyl (C=O) groups excluding carboxylic acids is 2. The van der Waals surface area contributed by atoms with E-state index < -0.39 is 5.91 Å². The largest absolute Gasteiger partial charge is 0.398 e. The van der Waals surface area contributed by atoms with Crippen molar-refractivity contribution in [3.05, 3.63) is 51.7 Å². The summed E-state index contributed by atoms with van der Waals surface area (Å²) in [4.78, 5) is 21.4. The third-order valence-corrected chi connectivity index (χ3v) is 2.88. The van der Waals surface area contributed by atoms with Gasteiger partial charge in [0.1, 0.15) is 0 Å². The Bertz CT molecular complexity index is 519. The molecule has 0 atom stereocenters. The molecule has 0 aliphatic carbocycles. The second-order valence-electron chi connectivity index (χ2n) is 3.57. The quantitative estimate of drug-likeness (QED) is 0.642. The number of hydrogen-bond acceptors (Lipinski definition) is 4. The van der Waals surface area contributed by atoms with Gasteiger partial charge in [-0.05, 0) is 35.4 Å². The molecule has 0 bridgehead atoms. The summed E-state index contributed by atoms with van der Waals surface area (Å²) in [6.45, 7) is 1.75. The van der Waals surface area contributed by atoms with Gasteiger partial charge in [0.2, 0.25) is 5.91 Å². The van der Waals surface area contributed by atoms with Gasteiger partial charge in [-0.1, -0.05) is 12.1 Å². The average Bonchev–Trinajstić information content (AvgIpc) is 2.90. The lowest BCUT2D eigenvalue weighted by atomic mass is 10.0. The second-order valence-corrected chi connectivity index (χ2v) is 4.39. The Morgan fingerprint density at radius 1 is 1.28 bits per heavy atom. The second kappa shape index (κ2) is 6.56. The molecule has 4 N–H and O–H groups in total. The molecule has 1 heterocycles. The fraction of sp³-hybridized carbons (Fsp3) is 0.0769. The number of rotatable bonds is 2. The van der Waals surface area contributed by atoms with E-state index in [-0.39, 0.29) is 11.1 Å². The Hall–Kier alpha value is -2.14. The van der Waals surface area contributed by atoms with E-state index in [0.717, 1.165) is 5.56 Å². The predicted molar refractivity (Wildman–Crippen MR) is 73.8 cm³/mol. The van der Waals surface area contributed by atoms with Gasteiger partial charge < -0.3 is 11.5 Å². The highest BCUT2D eigenvalue weighted by Gasteiger charge is 2.09. The number of aldehydes is 1. The molecule has 0 unspecified atom stereocenters. The van der Waals surface area contributed by atoms with Gasteiger partial charge in [0.05, 0.1) is 5.56 Å². The number of nitrogen functional groups attached to an aromatic ring is 1.